The molecular weight excluding hydrogens is 406 g/mol. The molecule has 2 aromatic rings. The van der Waals surface area contributed by atoms with E-state index in [1.54, 1.807) is 11.8 Å². The van der Waals surface area contributed by atoms with E-state index in [0.717, 1.165) is 56.5 Å². The van der Waals surface area contributed by atoms with Crippen LogP contribution in [0.3, 0.4) is 0 Å². The van der Waals surface area contributed by atoms with Gasteiger partial charge in [-0.2, -0.15) is 0 Å². The molecule has 0 fully saturated rings. The van der Waals surface area contributed by atoms with Crippen molar-refractivity contribution in [2.75, 3.05) is 16.8 Å². The quantitative estimate of drug-likeness (QED) is 0.527. The molecule has 0 saturated heterocycles. The lowest BCUT2D eigenvalue weighted by Gasteiger charge is -2.28. The predicted octanol–water partition coefficient (Wildman–Crippen LogP) is 5.79. The maximum atomic E-state index is 12.1. The van der Waals surface area contributed by atoms with Gasteiger partial charge in [0.25, 0.3) is 0 Å². The van der Waals surface area contributed by atoms with Gasteiger partial charge in [-0.1, -0.05) is 24.6 Å². The Hall–Kier alpha value is -2.47. The number of rotatable bonds is 8. The minimum Gasteiger partial charge on any atom is -0.409 e. The van der Waals surface area contributed by atoms with Crippen molar-refractivity contribution in [1.82, 2.24) is 4.98 Å². The number of nitrogens with one attached hydrogen (secondary N) is 1. The molecule has 1 unspecified atom stereocenters. The number of hydrogen-bond donors (Lipinski definition) is 1. The molecule has 4 rings (SSSR count). The van der Waals surface area contributed by atoms with Gasteiger partial charge in [0, 0.05) is 29.8 Å². The summed E-state index contributed by atoms with van der Waals surface area (Å²) in [4.78, 5) is 19.2. The Bertz CT molecular complexity index is 942. The molecule has 1 atom stereocenters. The van der Waals surface area contributed by atoms with Crippen molar-refractivity contribution >= 4 is 29.1 Å². The number of anilines is 2. The van der Waals surface area contributed by atoms with E-state index in [2.05, 4.69) is 53.5 Å². The zero-order chi connectivity index (χ0) is 21.6. The summed E-state index contributed by atoms with van der Waals surface area (Å²) in [6.45, 7) is 5.11. The molecule has 1 N–H and O–H groups in total. The monoisotopic (exact) mass is 437 g/mol. The van der Waals surface area contributed by atoms with Crippen molar-refractivity contribution in [3.63, 3.8) is 0 Å². The molecule has 31 heavy (non-hydrogen) atoms. The normalized spacial score (nSPS) is 17.7. The second-order valence-electron chi connectivity index (χ2n) is 8.20. The van der Waals surface area contributed by atoms with Gasteiger partial charge in [0.1, 0.15) is 0 Å². The van der Waals surface area contributed by atoms with Crippen LogP contribution in [0, 0.1) is 6.92 Å². The van der Waals surface area contributed by atoms with Gasteiger partial charge in [-0.3, -0.25) is 14.7 Å². The lowest BCUT2D eigenvalue weighted by atomic mass is 10.1. The average Bonchev–Trinajstić information content (AvgIpc) is 3.16. The number of aromatic nitrogens is 1. The van der Waals surface area contributed by atoms with Gasteiger partial charge in [0.15, 0.2) is 0 Å². The van der Waals surface area contributed by atoms with Gasteiger partial charge in [-0.05, 0) is 69.7 Å². The number of fused-ring (bicyclic) bond motifs is 1. The summed E-state index contributed by atoms with van der Waals surface area (Å²) in [6.07, 6.45) is 6.41. The van der Waals surface area contributed by atoms with E-state index in [4.69, 9.17) is 9.72 Å². The van der Waals surface area contributed by atoms with Crippen molar-refractivity contribution < 1.29 is 9.53 Å². The minimum atomic E-state index is -0.168. The third-order valence-electron chi connectivity index (χ3n) is 5.66. The standard InChI is InChI=1S/C25H31N3O2S/c1-3-6-25(29)30-23-17-31-24(28(23)20-13-10-18(2)11-14-20)9-4-7-19-12-15-21-22(27-19)8-5-16-26-21/h10-15,17,24,26H,3-9,16H2,1-2H3. The maximum absolute atomic E-state index is 12.1. The number of thioether (sulfide) groups is 1. The summed E-state index contributed by atoms with van der Waals surface area (Å²) in [5, 5.41) is 5.63. The van der Waals surface area contributed by atoms with Gasteiger partial charge < -0.3 is 10.1 Å². The highest BCUT2D eigenvalue weighted by molar-refractivity contribution is 8.03. The predicted molar refractivity (Wildman–Crippen MR) is 128 cm³/mol. The molecule has 0 radical (unpaired) electrons. The summed E-state index contributed by atoms with van der Waals surface area (Å²) in [7, 11) is 0. The van der Waals surface area contributed by atoms with Crippen LogP contribution in [-0.4, -0.2) is 22.9 Å². The molecule has 1 aromatic carbocycles. The molecule has 5 nitrogen and oxygen atoms in total. The first kappa shape index (κ1) is 21.8. The number of nitrogens with zero attached hydrogens (tertiary/aromatic N) is 2. The van der Waals surface area contributed by atoms with Crippen molar-refractivity contribution in [3.05, 3.63) is 64.6 Å². The second-order valence-corrected chi connectivity index (χ2v) is 9.25. The van der Waals surface area contributed by atoms with Crippen LogP contribution in [0.5, 0.6) is 0 Å². The minimum absolute atomic E-state index is 0.168. The Labute approximate surface area is 189 Å². The van der Waals surface area contributed by atoms with Crippen LogP contribution >= 0.6 is 11.8 Å². The molecule has 0 spiro atoms. The summed E-state index contributed by atoms with van der Waals surface area (Å²) in [5.74, 6) is 0.481. The lowest BCUT2D eigenvalue weighted by Crippen LogP contribution is -2.30. The van der Waals surface area contributed by atoms with E-state index in [-0.39, 0.29) is 11.3 Å². The van der Waals surface area contributed by atoms with Crippen LogP contribution in [0.25, 0.3) is 0 Å². The van der Waals surface area contributed by atoms with Crippen LogP contribution in [0.4, 0.5) is 11.4 Å². The van der Waals surface area contributed by atoms with E-state index in [1.807, 2.05) is 12.3 Å². The number of carbonyl (C=O) groups is 1. The highest BCUT2D eigenvalue weighted by Crippen LogP contribution is 2.39. The number of hydrogen-bond acceptors (Lipinski definition) is 6. The van der Waals surface area contributed by atoms with Crippen LogP contribution < -0.4 is 10.2 Å². The summed E-state index contributed by atoms with van der Waals surface area (Å²) in [5.41, 5.74) is 5.83. The second kappa shape index (κ2) is 10.2. The Morgan fingerprint density at radius 1 is 1.26 bits per heavy atom. The highest BCUT2D eigenvalue weighted by Gasteiger charge is 2.30. The first-order valence-corrected chi connectivity index (χ1v) is 12.2. The largest absolute Gasteiger partial charge is 0.409 e. The Morgan fingerprint density at radius 2 is 2.10 bits per heavy atom. The van der Waals surface area contributed by atoms with Crippen molar-refractivity contribution in [3.8, 4) is 0 Å². The SMILES string of the molecule is CCCC(=O)OC1=CSC(CCCc2ccc3c(n2)CCCN3)N1c1ccc(C)cc1. The zero-order valence-electron chi connectivity index (χ0n) is 18.4. The molecular formula is C25H31N3O2S. The van der Waals surface area contributed by atoms with Gasteiger partial charge in [0.05, 0.1) is 16.8 Å². The van der Waals surface area contributed by atoms with Crippen LogP contribution in [0.15, 0.2) is 47.7 Å². The fraction of sp³-hybridized carbons (Fsp3) is 0.440. The van der Waals surface area contributed by atoms with Crippen LogP contribution in [0.2, 0.25) is 0 Å². The molecule has 1 aromatic heterocycles. The van der Waals surface area contributed by atoms with Crippen molar-refractivity contribution in [1.29, 1.82) is 0 Å². The van der Waals surface area contributed by atoms with E-state index >= 15 is 0 Å². The molecule has 0 aliphatic carbocycles. The average molecular weight is 438 g/mol. The van der Waals surface area contributed by atoms with Crippen LogP contribution in [-0.2, 0) is 22.4 Å². The van der Waals surface area contributed by atoms with E-state index in [0.29, 0.717) is 12.3 Å². The van der Waals surface area contributed by atoms with Gasteiger partial charge >= 0.3 is 5.97 Å². The molecule has 2 aliphatic rings. The summed E-state index contributed by atoms with van der Waals surface area (Å²) in [6, 6.07) is 12.7. The fourth-order valence-corrected chi connectivity index (χ4v) is 5.10. The summed E-state index contributed by atoms with van der Waals surface area (Å²) >= 11 is 1.73. The zero-order valence-corrected chi connectivity index (χ0v) is 19.2. The molecule has 0 saturated carbocycles. The van der Waals surface area contributed by atoms with Crippen LogP contribution in [0.1, 0.15) is 56.0 Å². The first-order valence-electron chi connectivity index (χ1n) is 11.3. The van der Waals surface area contributed by atoms with Gasteiger partial charge in [-0.25, -0.2) is 0 Å². The van der Waals surface area contributed by atoms with Crippen molar-refractivity contribution in [2.45, 2.75) is 64.2 Å². The molecule has 6 heteroatoms. The van der Waals surface area contributed by atoms with E-state index in [1.165, 1.54) is 16.9 Å². The number of pyridine rings is 1. The topological polar surface area (TPSA) is 54.5 Å². The third kappa shape index (κ3) is 5.42. The van der Waals surface area contributed by atoms with Gasteiger partial charge in [-0.15, -0.1) is 11.8 Å². The molecule has 2 aliphatic heterocycles. The Morgan fingerprint density at radius 3 is 2.90 bits per heavy atom. The van der Waals surface area contributed by atoms with Crippen molar-refractivity contribution in [2.24, 2.45) is 0 Å². The third-order valence-corrected chi connectivity index (χ3v) is 6.76. The van der Waals surface area contributed by atoms with E-state index in [9.17, 15) is 4.79 Å². The smallest absolute Gasteiger partial charge is 0.312 e. The first-order chi connectivity index (χ1) is 15.1. The molecule has 0 bridgehead atoms. The summed E-state index contributed by atoms with van der Waals surface area (Å²) < 4.78 is 5.71. The molecule has 3 heterocycles. The Balaban J connectivity index is 1.41. The highest BCUT2D eigenvalue weighted by atomic mass is 32.2. The lowest BCUT2D eigenvalue weighted by molar-refractivity contribution is -0.139. The molecule has 0 amide bonds. The fourth-order valence-electron chi connectivity index (χ4n) is 4.01. The van der Waals surface area contributed by atoms with E-state index < -0.39 is 0 Å². The van der Waals surface area contributed by atoms with Gasteiger partial charge in [0.2, 0.25) is 5.88 Å². The maximum Gasteiger partial charge on any atom is 0.312 e. The number of aryl methyl sites for hydroxylation is 3. The number of benzene rings is 1. The Kier molecular flexibility index (Phi) is 7.17. The number of ether oxygens (including phenoxy) is 1. The molecule has 164 valence electrons. The number of esters is 1. The number of carbonyl (C=O) groups excluding carboxylic acids is 1.